The summed E-state index contributed by atoms with van der Waals surface area (Å²) in [6, 6.07) is 13.5. The summed E-state index contributed by atoms with van der Waals surface area (Å²) in [6.45, 7) is 3.26. The molecule has 5 heteroatoms. The van der Waals surface area contributed by atoms with Gasteiger partial charge in [-0.25, -0.2) is 0 Å². The predicted molar refractivity (Wildman–Crippen MR) is 88.7 cm³/mol. The Morgan fingerprint density at radius 2 is 2.22 bits per heavy atom. The Morgan fingerprint density at radius 3 is 3.09 bits per heavy atom. The van der Waals surface area contributed by atoms with Gasteiger partial charge in [-0.3, -0.25) is 9.48 Å². The summed E-state index contributed by atoms with van der Waals surface area (Å²) >= 11 is 0. The lowest BCUT2D eigenvalue weighted by molar-refractivity contribution is -0.117. The van der Waals surface area contributed by atoms with Gasteiger partial charge in [-0.2, -0.15) is 5.10 Å². The first kappa shape index (κ1) is 13.8. The minimum absolute atomic E-state index is 0.0516. The number of hydrogen-bond acceptors (Lipinski definition) is 3. The van der Waals surface area contributed by atoms with Crippen molar-refractivity contribution >= 4 is 22.5 Å². The highest BCUT2D eigenvalue weighted by Gasteiger charge is 2.30. The van der Waals surface area contributed by atoms with Gasteiger partial charge in [-0.05, 0) is 31.2 Å². The summed E-state index contributed by atoms with van der Waals surface area (Å²) in [4.78, 5) is 12.6. The van der Waals surface area contributed by atoms with E-state index in [-0.39, 0.29) is 11.8 Å². The lowest BCUT2D eigenvalue weighted by Gasteiger charge is -2.10. The molecule has 3 aromatic rings. The summed E-state index contributed by atoms with van der Waals surface area (Å²) in [6.07, 6.45) is 2.00. The van der Waals surface area contributed by atoms with Gasteiger partial charge in [0.1, 0.15) is 18.3 Å². The Labute approximate surface area is 133 Å². The number of para-hydroxylation sites is 1. The number of aromatic nitrogens is 2. The lowest BCUT2D eigenvalue weighted by atomic mass is 10.0. The number of amides is 1. The molecule has 0 bridgehead atoms. The van der Waals surface area contributed by atoms with E-state index >= 15 is 0 Å². The fourth-order valence-corrected chi connectivity index (χ4v) is 2.92. The molecule has 23 heavy (non-hydrogen) atoms. The molecule has 2 heterocycles. The molecular weight excluding hydrogens is 290 g/mol. The maximum Gasteiger partial charge on any atom is 0.235 e. The molecule has 1 aromatic heterocycles. The van der Waals surface area contributed by atoms with Crippen molar-refractivity contribution in [3.63, 3.8) is 0 Å². The minimum Gasteiger partial charge on any atom is -0.492 e. The maximum atomic E-state index is 12.6. The van der Waals surface area contributed by atoms with Gasteiger partial charge in [0.05, 0.1) is 5.52 Å². The molecule has 0 unspecified atom stereocenters. The average Bonchev–Trinajstić information content (AvgIpc) is 3.18. The predicted octanol–water partition coefficient (Wildman–Crippen LogP) is 3.17. The standard InChI is InChI=1S/C18H17N3O2/c1-2-21-10-12-7-8-13(9-16(12)20-21)19-18(22)15-11-23-17-6-4-3-5-14(15)17/h3-10,15H,2,11H2,1H3,(H,19,22)/t15-/m0/s1. The summed E-state index contributed by atoms with van der Waals surface area (Å²) in [5.41, 5.74) is 2.59. The number of anilines is 1. The van der Waals surface area contributed by atoms with E-state index in [1.165, 1.54) is 0 Å². The van der Waals surface area contributed by atoms with Gasteiger partial charge in [-0.15, -0.1) is 0 Å². The van der Waals surface area contributed by atoms with E-state index in [1.807, 2.05) is 60.3 Å². The quantitative estimate of drug-likeness (QED) is 0.808. The van der Waals surface area contributed by atoms with Crippen LogP contribution in [0.15, 0.2) is 48.7 Å². The van der Waals surface area contributed by atoms with Crippen molar-refractivity contribution in [1.29, 1.82) is 0 Å². The Balaban J connectivity index is 1.57. The van der Waals surface area contributed by atoms with Crippen molar-refractivity contribution in [1.82, 2.24) is 9.78 Å². The highest BCUT2D eigenvalue weighted by atomic mass is 16.5. The molecule has 1 N–H and O–H groups in total. The Kier molecular flexibility index (Phi) is 3.26. The van der Waals surface area contributed by atoms with Crippen LogP contribution >= 0.6 is 0 Å². The molecule has 2 aromatic carbocycles. The maximum absolute atomic E-state index is 12.6. The number of rotatable bonds is 3. The second kappa shape index (κ2) is 5.43. The van der Waals surface area contributed by atoms with Crippen molar-refractivity contribution in [2.45, 2.75) is 19.4 Å². The van der Waals surface area contributed by atoms with Crippen molar-refractivity contribution in [3.05, 3.63) is 54.2 Å². The first-order chi connectivity index (χ1) is 11.2. The Hall–Kier alpha value is -2.82. The van der Waals surface area contributed by atoms with E-state index in [0.717, 1.165) is 34.4 Å². The fourth-order valence-electron chi connectivity index (χ4n) is 2.92. The minimum atomic E-state index is -0.268. The molecule has 0 saturated heterocycles. The monoisotopic (exact) mass is 307 g/mol. The molecule has 1 atom stereocenters. The van der Waals surface area contributed by atoms with E-state index in [2.05, 4.69) is 10.4 Å². The van der Waals surface area contributed by atoms with E-state index in [0.29, 0.717) is 6.61 Å². The van der Waals surface area contributed by atoms with Crippen LogP contribution in [0.25, 0.3) is 10.9 Å². The number of carbonyl (C=O) groups excluding carboxylic acids is 1. The summed E-state index contributed by atoms with van der Waals surface area (Å²) in [5, 5.41) is 8.52. The number of carbonyl (C=O) groups is 1. The first-order valence-corrected chi connectivity index (χ1v) is 7.74. The van der Waals surface area contributed by atoms with Crippen LogP contribution in [-0.4, -0.2) is 22.3 Å². The van der Waals surface area contributed by atoms with Gasteiger partial charge in [-0.1, -0.05) is 18.2 Å². The van der Waals surface area contributed by atoms with E-state index in [9.17, 15) is 4.79 Å². The van der Waals surface area contributed by atoms with Gasteiger partial charge in [0.25, 0.3) is 0 Å². The molecular formula is C18H17N3O2. The number of aryl methyl sites for hydroxylation is 1. The van der Waals surface area contributed by atoms with Crippen LogP contribution in [0, 0.1) is 0 Å². The Morgan fingerprint density at radius 1 is 1.35 bits per heavy atom. The van der Waals surface area contributed by atoms with Crippen LogP contribution in [-0.2, 0) is 11.3 Å². The van der Waals surface area contributed by atoms with Crippen LogP contribution in [0.4, 0.5) is 5.69 Å². The summed E-state index contributed by atoms with van der Waals surface area (Å²) in [7, 11) is 0. The molecule has 0 aliphatic carbocycles. The number of nitrogens with one attached hydrogen (secondary N) is 1. The average molecular weight is 307 g/mol. The largest absolute Gasteiger partial charge is 0.492 e. The van der Waals surface area contributed by atoms with E-state index < -0.39 is 0 Å². The van der Waals surface area contributed by atoms with Crippen molar-refractivity contribution in [3.8, 4) is 5.75 Å². The molecule has 0 spiro atoms. The summed E-state index contributed by atoms with van der Waals surface area (Å²) in [5.74, 6) is 0.476. The third-order valence-corrected chi connectivity index (χ3v) is 4.16. The van der Waals surface area contributed by atoms with Gasteiger partial charge in [0, 0.05) is 29.4 Å². The number of fused-ring (bicyclic) bond motifs is 2. The highest BCUT2D eigenvalue weighted by Crippen LogP contribution is 2.34. The zero-order chi connectivity index (χ0) is 15.8. The second-order valence-corrected chi connectivity index (χ2v) is 5.65. The molecule has 4 rings (SSSR count). The lowest BCUT2D eigenvalue weighted by Crippen LogP contribution is -2.22. The van der Waals surface area contributed by atoms with Gasteiger partial charge < -0.3 is 10.1 Å². The van der Waals surface area contributed by atoms with Crippen molar-refractivity contribution in [2.75, 3.05) is 11.9 Å². The fraction of sp³-hybridized carbons (Fsp3) is 0.222. The molecule has 5 nitrogen and oxygen atoms in total. The van der Waals surface area contributed by atoms with E-state index in [4.69, 9.17) is 4.74 Å². The van der Waals surface area contributed by atoms with Crippen molar-refractivity contribution in [2.24, 2.45) is 0 Å². The second-order valence-electron chi connectivity index (χ2n) is 5.65. The van der Waals surface area contributed by atoms with Crippen LogP contribution in [0.3, 0.4) is 0 Å². The molecule has 1 amide bonds. The third kappa shape index (κ3) is 2.44. The normalized spacial score (nSPS) is 16.1. The molecule has 0 fully saturated rings. The van der Waals surface area contributed by atoms with E-state index in [1.54, 1.807) is 0 Å². The molecule has 116 valence electrons. The van der Waals surface area contributed by atoms with Gasteiger partial charge in [0.2, 0.25) is 5.91 Å². The van der Waals surface area contributed by atoms with Crippen LogP contribution < -0.4 is 10.1 Å². The number of benzene rings is 2. The number of ether oxygens (including phenoxy) is 1. The zero-order valence-corrected chi connectivity index (χ0v) is 12.8. The number of nitrogens with zero attached hydrogens (tertiary/aromatic N) is 2. The van der Waals surface area contributed by atoms with Crippen molar-refractivity contribution < 1.29 is 9.53 Å². The highest BCUT2D eigenvalue weighted by molar-refractivity contribution is 5.98. The van der Waals surface area contributed by atoms with Crippen LogP contribution in [0.2, 0.25) is 0 Å². The number of hydrogen-bond donors (Lipinski definition) is 1. The van der Waals surface area contributed by atoms with Gasteiger partial charge in [0.15, 0.2) is 0 Å². The van der Waals surface area contributed by atoms with Crippen LogP contribution in [0.1, 0.15) is 18.4 Å². The molecule has 1 aliphatic rings. The smallest absolute Gasteiger partial charge is 0.235 e. The third-order valence-electron chi connectivity index (χ3n) is 4.16. The molecule has 0 radical (unpaired) electrons. The molecule has 1 aliphatic heterocycles. The van der Waals surface area contributed by atoms with Crippen LogP contribution in [0.5, 0.6) is 5.75 Å². The molecule has 0 saturated carbocycles. The summed E-state index contributed by atoms with van der Waals surface area (Å²) < 4.78 is 7.47. The Bertz CT molecular complexity index is 885. The first-order valence-electron chi connectivity index (χ1n) is 7.74. The zero-order valence-electron chi connectivity index (χ0n) is 12.8. The topological polar surface area (TPSA) is 56.2 Å². The van der Waals surface area contributed by atoms with Gasteiger partial charge >= 0.3 is 0 Å². The SMILES string of the molecule is CCn1cc2ccc(NC(=O)[C@H]3COc4ccccc43)cc2n1.